The Balaban J connectivity index is 1.53. The Labute approximate surface area is 187 Å². The first-order valence-electron chi connectivity index (χ1n) is 12.1. The highest BCUT2D eigenvalue weighted by Crippen LogP contribution is 2.26. The summed E-state index contributed by atoms with van der Waals surface area (Å²) in [4.78, 5) is 19.7. The van der Waals surface area contributed by atoms with E-state index in [2.05, 4.69) is 60.6 Å². The highest BCUT2D eigenvalue weighted by atomic mass is 16.5. The van der Waals surface area contributed by atoms with Crippen molar-refractivity contribution >= 4 is 11.9 Å². The summed E-state index contributed by atoms with van der Waals surface area (Å²) in [6.07, 6.45) is 7.02. The van der Waals surface area contributed by atoms with Gasteiger partial charge in [0, 0.05) is 31.6 Å². The molecule has 1 aromatic carbocycles. The third-order valence-corrected chi connectivity index (χ3v) is 6.13. The summed E-state index contributed by atoms with van der Waals surface area (Å²) in [6, 6.07) is 8.68. The molecular weight excluding hydrogens is 388 g/mol. The highest BCUT2D eigenvalue weighted by molar-refractivity contribution is 5.81. The molecule has 2 fully saturated rings. The number of rotatable bonds is 8. The summed E-state index contributed by atoms with van der Waals surface area (Å²) in [5.41, 5.74) is 2.34. The molecule has 6 heteroatoms. The number of carbonyl (C=O) groups excluding carboxylic acids is 1. The Morgan fingerprint density at radius 3 is 2.71 bits per heavy atom. The fourth-order valence-corrected chi connectivity index (χ4v) is 4.45. The van der Waals surface area contributed by atoms with E-state index < -0.39 is 0 Å². The molecule has 3 rings (SSSR count). The number of hydrogen-bond acceptors (Lipinski definition) is 3. The summed E-state index contributed by atoms with van der Waals surface area (Å²) in [6.45, 7) is 9.86. The highest BCUT2D eigenvalue weighted by Gasteiger charge is 2.31. The molecule has 0 aromatic heterocycles. The van der Waals surface area contributed by atoms with Crippen LogP contribution in [0.5, 0.6) is 0 Å². The van der Waals surface area contributed by atoms with Crippen LogP contribution in [0.1, 0.15) is 70.4 Å². The Bertz CT molecular complexity index is 728. The lowest BCUT2D eigenvalue weighted by Gasteiger charge is -2.26. The van der Waals surface area contributed by atoms with Gasteiger partial charge >= 0.3 is 0 Å². The van der Waals surface area contributed by atoms with E-state index >= 15 is 0 Å². The van der Waals surface area contributed by atoms with Gasteiger partial charge in [0.15, 0.2) is 5.96 Å². The predicted octanol–water partition coefficient (Wildman–Crippen LogP) is 3.85. The molecule has 2 N–H and O–H groups in total. The fourth-order valence-electron chi connectivity index (χ4n) is 4.45. The molecule has 1 heterocycles. The number of carbonyl (C=O) groups is 1. The molecule has 0 spiro atoms. The van der Waals surface area contributed by atoms with Crippen molar-refractivity contribution in [3.8, 4) is 0 Å². The second-order valence-corrected chi connectivity index (χ2v) is 9.12. The van der Waals surface area contributed by atoms with Crippen LogP contribution in [0.3, 0.4) is 0 Å². The zero-order valence-corrected chi connectivity index (χ0v) is 19.5. The van der Waals surface area contributed by atoms with Crippen molar-refractivity contribution < 1.29 is 9.53 Å². The summed E-state index contributed by atoms with van der Waals surface area (Å²) in [5, 5.41) is 6.90. The molecule has 31 heavy (non-hydrogen) atoms. The Hall–Kier alpha value is -2.08. The van der Waals surface area contributed by atoms with Crippen LogP contribution < -0.4 is 10.6 Å². The van der Waals surface area contributed by atoms with Crippen molar-refractivity contribution in [2.45, 2.75) is 84.6 Å². The molecule has 1 saturated carbocycles. The zero-order chi connectivity index (χ0) is 22.1. The number of benzene rings is 1. The molecule has 6 nitrogen and oxygen atoms in total. The maximum atomic E-state index is 12.8. The van der Waals surface area contributed by atoms with Gasteiger partial charge in [-0.3, -0.25) is 4.79 Å². The van der Waals surface area contributed by atoms with E-state index in [-0.39, 0.29) is 18.1 Å². The van der Waals surface area contributed by atoms with E-state index in [1.54, 1.807) is 0 Å². The van der Waals surface area contributed by atoms with Gasteiger partial charge in [0.25, 0.3) is 0 Å². The minimum atomic E-state index is 0.224. The van der Waals surface area contributed by atoms with Crippen LogP contribution in [0.2, 0.25) is 0 Å². The minimum Gasteiger partial charge on any atom is -0.374 e. The lowest BCUT2D eigenvalue weighted by molar-refractivity contribution is -0.135. The monoisotopic (exact) mass is 428 g/mol. The second-order valence-electron chi connectivity index (χ2n) is 9.12. The number of nitrogens with one attached hydrogen (secondary N) is 2. The van der Waals surface area contributed by atoms with Gasteiger partial charge in [-0.25, -0.2) is 4.99 Å². The van der Waals surface area contributed by atoms with E-state index in [4.69, 9.17) is 9.73 Å². The van der Waals surface area contributed by atoms with Crippen LogP contribution in [0.25, 0.3) is 0 Å². The number of nitrogens with zero attached hydrogens (tertiary/aromatic N) is 2. The molecule has 1 amide bonds. The Morgan fingerprint density at radius 1 is 1.19 bits per heavy atom. The lowest BCUT2D eigenvalue weighted by atomic mass is 9.88. The molecule has 1 aliphatic carbocycles. The lowest BCUT2D eigenvalue weighted by Crippen LogP contribution is -2.45. The van der Waals surface area contributed by atoms with Crippen molar-refractivity contribution in [2.75, 3.05) is 19.6 Å². The van der Waals surface area contributed by atoms with Gasteiger partial charge in [-0.1, -0.05) is 43.5 Å². The smallest absolute Gasteiger partial charge is 0.225 e. The van der Waals surface area contributed by atoms with Crippen molar-refractivity contribution in [1.29, 1.82) is 0 Å². The number of amides is 1. The maximum absolute atomic E-state index is 12.8. The predicted molar refractivity (Wildman–Crippen MR) is 126 cm³/mol. The number of aliphatic imine (C=N–C) groups is 1. The van der Waals surface area contributed by atoms with Crippen LogP contribution in [-0.2, 0) is 22.7 Å². The molecule has 0 bridgehead atoms. The normalized spacial score (nSPS) is 20.3. The van der Waals surface area contributed by atoms with Gasteiger partial charge in [0.2, 0.25) is 5.91 Å². The number of guanidine groups is 1. The molecular formula is C25H40N4O2. The van der Waals surface area contributed by atoms with Gasteiger partial charge in [-0.15, -0.1) is 0 Å². The molecule has 1 atom stereocenters. The number of hydrogen-bond donors (Lipinski definition) is 2. The summed E-state index contributed by atoms with van der Waals surface area (Å²) in [7, 11) is 0. The topological polar surface area (TPSA) is 66.0 Å². The first kappa shape index (κ1) is 23.6. The van der Waals surface area contributed by atoms with Crippen LogP contribution in [0.4, 0.5) is 0 Å². The quantitative estimate of drug-likeness (QED) is 0.488. The third kappa shape index (κ3) is 7.53. The molecule has 1 aromatic rings. The first-order chi connectivity index (χ1) is 15.0. The summed E-state index contributed by atoms with van der Waals surface area (Å²) in [5.74, 6) is 1.44. The van der Waals surface area contributed by atoms with Crippen molar-refractivity contribution in [2.24, 2.45) is 10.9 Å². The Kier molecular flexibility index (Phi) is 9.19. The summed E-state index contributed by atoms with van der Waals surface area (Å²) < 4.78 is 5.72. The molecule has 1 saturated heterocycles. The maximum Gasteiger partial charge on any atom is 0.225 e. The average Bonchev–Trinajstić information content (AvgIpc) is 3.25. The van der Waals surface area contributed by atoms with Gasteiger partial charge in [0.05, 0.1) is 19.3 Å². The van der Waals surface area contributed by atoms with Crippen LogP contribution in [0, 0.1) is 5.92 Å². The Morgan fingerprint density at radius 2 is 1.97 bits per heavy atom. The van der Waals surface area contributed by atoms with Crippen LogP contribution in [-0.4, -0.2) is 48.5 Å². The molecule has 172 valence electrons. The first-order valence-corrected chi connectivity index (χ1v) is 12.1. The van der Waals surface area contributed by atoms with Crippen molar-refractivity contribution in [1.82, 2.24) is 15.5 Å². The van der Waals surface area contributed by atoms with Gasteiger partial charge in [-0.05, 0) is 51.2 Å². The van der Waals surface area contributed by atoms with Gasteiger partial charge < -0.3 is 20.3 Å². The van der Waals surface area contributed by atoms with E-state index in [1.165, 1.54) is 30.4 Å². The van der Waals surface area contributed by atoms with E-state index in [0.29, 0.717) is 19.1 Å². The van der Waals surface area contributed by atoms with Crippen LogP contribution >= 0.6 is 0 Å². The zero-order valence-electron chi connectivity index (χ0n) is 19.5. The molecule has 2 aliphatic rings. The number of ether oxygens (including phenoxy) is 1. The average molecular weight is 429 g/mol. The van der Waals surface area contributed by atoms with E-state index in [1.807, 2.05) is 0 Å². The molecule has 1 unspecified atom stereocenters. The largest absolute Gasteiger partial charge is 0.374 e. The standard InChI is InChI=1S/C25H40N4O2/c1-4-26-25(27-16-20-9-8-10-21(15-20)18-31-19(2)3)28-23-13-14-29(17-23)24(30)22-11-6-5-7-12-22/h8-10,15,19,22-23H,4-7,11-14,16-18H2,1-3H3,(H2,26,27,28). The van der Waals surface area contributed by atoms with E-state index in [0.717, 1.165) is 44.9 Å². The molecule has 1 aliphatic heterocycles. The minimum absolute atomic E-state index is 0.224. The SMILES string of the molecule is CCNC(=NCc1cccc(COC(C)C)c1)NC1CCN(C(=O)C2CCCCC2)C1. The molecule has 0 radical (unpaired) electrons. The van der Waals surface area contributed by atoms with E-state index in [9.17, 15) is 4.79 Å². The second kappa shape index (κ2) is 12.1. The number of likely N-dealkylation sites (tertiary alicyclic amines) is 1. The van der Waals surface area contributed by atoms with Crippen molar-refractivity contribution in [3.63, 3.8) is 0 Å². The third-order valence-electron chi connectivity index (χ3n) is 6.13. The van der Waals surface area contributed by atoms with Crippen molar-refractivity contribution in [3.05, 3.63) is 35.4 Å². The van der Waals surface area contributed by atoms with Gasteiger partial charge in [0.1, 0.15) is 0 Å². The summed E-state index contributed by atoms with van der Waals surface area (Å²) >= 11 is 0. The fraction of sp³-hybridized carbons (Fsp3) is 0.680. The van der Waals surface area contributed by atoms with Gasteiger partial charge in [-0.2, -0.15) is 0 Å². The van der Waals surface area contributed by atoms with Crippen LogP contribution in [0.15, 0.2) is 29.3 Å².